The van der Waals surface area contributed by atoms with Gasteiger partial charge in [0.15, 0.2) is 0 Å². The van der Waals surface area contributed by atoms with Crippen LogP contribution in [-0.2, 0) is 0 Å². The average Bonchev–Trinajstić information content (AvgIpc) is 3.10. The van der Waals surface area contributed by atoms with Crippen LogP contribution in [0.1, 0.15) is 38.8 Å². The average molecular weight is 441 g/mol. The van der Waals surface area contributed by atoms with Crippen LogP contribution in [-0.4, -0.2) is 28.2 Å². The highest BCUT2D eigenvalue weighted by molar-refractivity contribution is 7.81. The summed E-state index contributed by atoms with van der Waals surface area (Å²) in [4.78, 5) is 27.5. The van der Waals surface area contributed by atoms with Crippen LogP contribution in [0.5, 0.6) is 0 Å². The summed E-state index contributed by atoms with van der Waals surface area (Å²) < 4.78 is 16.9. The molecule has 0 bridgehead atoms. The van der Waals surface area contributed by atoms with Gasteiger partial charge in [0.25, 0.3) is 11.8 Å². The lowest BCUT2D eigenvalue weighted by Gasteiger charge is -2.30. The Balaban J connectivity index is 1.77. The predicted octanol–water partition coefficient (Wildman–Crippen LogP) is 6.36. The maximum absolute atomic E-state index is 16.9. The molecular weight excluding hydrogens is 420 g/mol. The van der Waals surface area contributed by atoms with Crippen LogP contribution in [0, 0.1) is 0 Å². The fourth-order valence-corrected chi connectivity index (χ4v) is 7.07. The van der Waals surface area contributed by atoms with E-state index in [9.17, 15) is 9.59 Å². The third-order valence-corrected chi connectivity index (χ3v) is 9.13. The number of hydrogen-bond donors (Lipinski definition) is 0. The van der Waals surface area contributed by atoms with Gasteiger partial charge in [-0.05, 0) is 41.6 Å². The van der Waals surface area contributed by atoms with Crippen LogP contribution in [0.3, 0.4) is 0 Å². The van der Waals surface area contributed by atoms with E-state index in [0.29, 0.717) is 33.6 Å². The Morgan fingerprint density at radius 3 is 1.75 bits per heavy atom. The lowest BCUT2D eigenvalue weighted by molar-refractivity contribution is 0.0710. The van der Waals surface area contributed by atoms with Crippen molar-refractivity contribution in [3.05, 3.63) is 125 Å². The molecule has 158 valence electrons. The zero-order valence-electron chi connectivity index (χ0n) is 17.5. The number of benzene rings is 3. The molecule has 2 aliphatic rings. The molecule has 0 aromatic heterocycles. The van der Waals surface area contributed by atoms with Crippen LogP contribution < -0.4 is 0 Å². The molecule has 5 rings (SSSR count). The largest absolute Gasteiger partial charge is 0.268 e. The first-order chi connectivity index (χ1) is 15.5. The zero-order chi connectivity index (χ0) is 22.3. The van der Waals surface area contributed by atoms with E-state index in [4.69, 9.17) is 0 Å². The second-order valence-corrected chi connectivity index (χ2v) is 10.8. The van der Waals surface area contributed by atoms with E-state index in [-0.39, 0.29) is 11.8 Å². The molecule has 3 aromatic rings. The number of nitrogens with zero attached hydrogens (tertiary/aromatic N) is 1. The van der Waals surface area contributed by atoms with Crippen LogP contribution in [0.15, 0.2) is 103 Å². The minimum absolute atomic E-state index is 0.323. The number of allylic oxidation sites excluding steroid dienone is 2. The third kappa shape index (κ3) is 3.11. The summed E-state index contributed by atoms with van der Waals surface area (Å²) >= 11 is 0. The Kier molecular flexibility index (Phi) is 5.03. The fourth-order valence-electron chi connectivity index (χ4n) is 4.34. The maximum atomic E-state index is 16.9. The van der Waals surface area contributed by atoms with Gasteiger partial charge in [-0.15, -0.1) is 0 Å². The highest BCUT2D eigenvalue weighted by atomic mass is 31.2. The Morgan fingerprint density at radius 2 is 1.22 bits per heavy atom. The summed E-state index contributed by atoms with van der Waals surface area (Å²) in [5.74, 6) is -0.761. The van der Waals surface area contributed by atoms with Gasteiger partial charge < -0.3 is 0 Å². The Morgan fingerprint density at radius 1 is 0.719 bits per heavy atom. The molecule has 0 fully saturated rings. The van der Waals surface area contributed by atoms with Gasteiger partial charge in [-0.1, -0.05) is 79.7 Å². The first-order valence-electron chi connectivity index (χ1n) is 10.5. The topological polar surface area (TPSA) is 37.4 Å². The van der Waals surface area contributed by atoms with Gasteiger partial charge in [-0.25, -0.2) is 9.10 Å². The van der Waals surface area contributed by atoms with Gasteiger partial charge in [0.2, 0.25) is 0 Å². The van der Waals surface area contributed by atoms with Crippen LogP contribution in [0.4, 0.5) is 4.20 Å². The van der Waals surface area contributed by atoms with Gasteiger partial charge in [0, 0.05) is 10.6 Å². The molecule has 2 heterocycles. The van der Waals surface area contributed by atoms with Gasteiger partial charge in [-0.3, -0.25) is 9.59 Å². The second kappa shape index (κ2) is 7.89. The van der Waals surface area contributed by atoms with E-state index in [1.807, 2.05) is 67.6 Å². The first kappa shape index (κ1) is 20.4. The van der Waals surface area contributed by atoms with Crippen molar-refractivity contribution in [2.45, 2.75) is 6.92 Å². The van der Waals surface area contributed by atoms with E-state index in [1.165, 1.54) is 4.90 Å². The molecule has 32 heavy (non-hydrogen) atoms. The highest BCUT2D eigenvalue weighted by Gasteiger charge is 2.40. The molecule has 2 aliphatic heterocycles. The van der Waals surface area contributed by atoms with Gasteiger partial charge >= 0.3 is 0 Å². The standard InChI is InChI=1S/C27H21FNO2P/c1-2-32(28)24(19-11-5-3-6-12-19)17-21(18-25(32)20-13-7-4-8-14-20)29-26(30)22-15-9-10-16-23(22)27(29)31/h3-18H,2H2,1H3. The smallest absolute Gasteiger partial charge is 0.266 e. The lowest BCUT2D eigenvalue weighted by Crippen LogP contribution is -2.30. The lowest BCUT2D eigenvalue weighted by atomic mass is 10.1. The van der Waals surface area contributed by atoms with Crippen LogP contribution >= 0.6 is 7.20 Å². The number of halogens is 1. The Hall–Kier alpha value is -3.49. The minimum atomic E-state index is -3.25. The molecule has 0 spiro atoms. The summed E-state index contributed by atoms with van der Waals surface area (Å²) in [5.41, 5.74) is 2.67. The predicted molar refractivity (Wildman–Crippen MR) is 129 cm³/mol. The zero-order valence-corrected chi connectivity index (χ0v) is 18.4. The summed E-state index contributed by atoms with van der Waals surface area (Å²) in [6, 6.07) is 25.6. The van der Waals surface area contributed by atoms with Crippen molar-refractivity contribution in [1.29, 1.82) is 0 Å². The van der Waals surface area contributed by atoms with E-state index in [0.717, 1.165) is 11.1 Å². The van der Waals surface area contributed by atoms with Gasteiger partial charge in [-0.2, -0.15) is 0 Å². The highest BCUT2D eigenvalue weighted by Crippen LogP contribution is 2.65. The normalized spacial score (nSPS) is 20.2. The van der Waals surface area contributed by atoms with Crippen LogP contribution in [0.25, 0.3) is 5.31 Å². The minimum Gasteiger partial charge on any atom is -0.268 e. The molecule has 3 nitrogen and oxygen atoms in total. The molecule has 0 N–H and O–H groups in total. The number of carbonyl (C=O) groups is 2. The van der Waals surface area contributed by atoms with Crippen molar-refractivity contribution in [2.24, 2.45) is 0 Å². The molecule has 0 radical (unpaired) electrons. The molecule has 3 aromatic carbocycles. The van der Waals surface area contributed by atoms with Crippen molar-refractivity contribution < 1.29 is 13.8 Å². The molecule has 0 saturated carbocycles. The number of rotatable bonds is 4. The molecule has 0 saturated heterocycles. The Bertz CT molecular complexity index is 1320. The van der Waals surface area contributed by atoms with E-state index in [1.54, 1.807) is 36.4 Å². The number of carbonyl (C=O) groups excluding carboxylic acids is 2. The molecule has 5 heteroatoms. The summed E-state index contributed by atoms with van der Waals surface area (Å²) in [6.07, 6.45) is 3.71. The third-order valence-electron chi connectivity index (χ3n) is 5.96. The van der Waals surface area contributed by atoms with Crippen molar-refractivity contribution in [3.8, 4) is 0 Å². The number of hydrogen-bond acceptors (Lipinski definition) is 2. The SMILES string of the molecule is CCP1(F)=C(c2ccccc2)C=C(N2C(=O)c3ccccc3C2=O)C=C1c1ccccc1. The monoisotopic (exact) mass is 441 g/mol. The molecule has 0 aliphatic carbocycles. The van der Waals surface area contributed by atoms with Crippen molar-refractivity contribution in [3.63, 3.8) is 0 Å². The first-order valence-corrected chi connectivity index (χ1v) is 12.4. The van der Waals surface area contributed by atoms with Crippen LogP contribution in [0.2, 0.25) is 0 Å². The van der Waals surface area contributed by atoms with Crippen molar-refractivity contribution in [1.82, 2.24) is 4.90 Å². The fraction of sp³-hybridized carbons (Fsp3) is 0.0741. The maximum Gasteiger partial charge on any atom is 0.266 e. The summed E-state index contributed by atoms with van der Waals surface area (Å²) in [6.45, 7) is 1.86. The summed E-state index contributed by atoms with van der Waals surface area (Å²) in [7, 11) is -3.25. The number of amides is 2. The van der Waals surface area contributed by atoms with Crippen molar-refractivity contribution in [2.75, 3.05) is 6.16 Å². The van der Waals surface area contributed by atoms with E-state index in [2.05, 4.69) is 0 Å². The van der Waals surface area contributed by atoms with E-state index >= 15 is 4.20 Å². The molecule has 1 unspecified atom stereocenters. The van der Waals surface area contributed by atoms with Crippen molar-refractivity contribution >= 4 is 29.6 Å². The Labute approximate surface area is 186 Å². The van der Waals surface area contributed by atoms with Gasteiger partial charge in [0.1, 0.15) is 0 Å². The molecule has 1 atom stereocenters. The number of fused-ring (bicyclic) bond motifs is 1. The molecule has 2 amide bonds. The van der Waals surface area contributed by atoms with Gasteiger partial charge in [0.05, 0.1) is 24.0 Å². The number of imide groups is 1. The quantitative estimate of drug-likeness (QED) is 0.349. The molecular formula is C27H21FNO2P. The second-order valence-electron chi connectivity index (χ2n) is 7.74. The summed E-state index contributed by atoms with van der Waals surface area (Å²) in [5, 5.41) is 1.10. The van der Waals surface area contributed by atoms with E-state index < -0.39 is 7.20 Å².